The molecule has 0 fully saturated rings. The van der Waals surface area contributed by atoms with Crippen LogP contribution < -0.4 is 5.73 Å². The predicted molar refractivity (Wildman–Crippen MR) is 84.1 cm³/mol. The van der Waals surface area contributed by atoms with Crippen molar-refractivity contribution < 1.29 is 5.11 Å². The Kier molecular flexibility index (Phi) is 2.91. The number of rotatable bonds is 2. The Labute approximate surface area is 125 Å². The number of aliphatic hydroxyl groups is 1. The third-order valence-corrected chi connectivity index (χ3v) is 5.08. The molecule has 2 heteroatoms. The summed E-state index contributed by atoms with van der Waals surface area (Å²) in [4.78, 5) is 0. The first kappa shape index (κ1) is 13.1. The van der Waals surface area contributed by atoms with Gasteiger partial charge in [-0.3, -0.25) is 0 Å². The smallest absolute Gasteiger partial charge is 0.0958 e. The van der Waals surface area contributed by atoms with Crippen LogP contribution in [0.15, 0.2) is 42.5 Å². The molecule has 2 nitrogen and oxygen atoms in total. The second kappa shape index (κ2) is 4.69. The van der Waals surface area contributed by atoms with E-state index in [-0.39, 0.29) is 6.04 Å². The molecule has 2 atom stereocenters. The maximum atomic E-state index is 11.1. The zero-order valence-electron chi connectivity index (χ0n) is 12.2. The number of nitrogens with two attached hydrogens (primary N) is 1. The lowest BCUT2D eigenvalue weighted by Gasteiger charge is -2.24. The maximum absolute atomic E-state index is 11.1. The van der Waals surface area contributed by atoms with Crippen LogP contribution in [0.1, 0.15) is 46.7 Å². The van der Waals surface area contributed by atoms with Gasteiger partial charge in [0.25, 0.3) is 0 Å². The van der Waals surface area contributed by atoms with E-state index in [2.05, 4.69) is 18.2 Å². The molecule has 0 bridgehead atoms. The van der Waals surface area contributed by atoms with E-state index in [1.54, 1.807) is 0 Å². The van der Waals surface area contributed by atoms with Gasteiger partial charge in [-0.1, -0.05) is 42.5 Å². The first-order valence-electron chi connectivity index (χ1n) is 7.84. The van der Waals surface area contributed by atoms with Crippen molar-refractivity contribution in [1.82, 2.24) is 0 Å². The number of benzene rings is 2. The molecule has 4 rings (SSSR count). The zero-order chi connectivity index (χ0) is 14.4. The lowest BCUT2D eigenvalue weighted by Crippen LogP contribution is -2.26. The second-order valence-electron chi connectivity index (χ2n) is 6.56. The Morgan fingerprint density at radius 3 is 2.81 bits per heavy atom. The average molecular weight is 279 g/mol. The molecule has 0 radical (unpaired) electrons. The Hall–Kier alpha value is -1.64. The molecule has 2 aromatic carbocycles. The normalized spacial score (nSPS) is 26.7. The van der Waals surface area contributed by atoms with Crippen molar-refractivity contribution in [1.29, 1.82) is 0 Å². The topological polar surface area (TPSA) is 46.2 Å². The van der Waals surface area contributed by atoms with Gasteiger partial charge in [-0.25, -0.2) is 0 Å². The van der Waals surface area contributed by atoms with E-state index in [4.69, 9.17) is 5.73 Å². The van der Waals surface area contributed by atoms with E-state index in [1.165, 1.54) is 36.0 Å². The first-order chi connectivity index (χ1) is 10.2. The molecule has 2 aliphatic carbocycles. The largest absolute Gasteiger partial charge is 0.385 e. The van der Waals surface area contributed by atoms with Crippen molar-refractivity contribution in [3.63, 3.8) is 0 Å². The van der Waals surface area contributed by atoms with Gasteiger partial charge in [-0.2, -0.15) is 0 Å². The fraction of sp³-hybridized carbons (Fsp3) is 0.368. The molecule has 2 aromatic rings. The summed E-state index contributed by atoms with van der Waals surface area (Å²) in [5.74, 6) is 0. The van der Waals surface area contributed by atoms with Gasteiger partial charge in [0.2, 0.25) is 0 Å². The third-order valence-electron chi connectivity index (χ3n) is 5.08. The van der Waals surface area contributed by atoms with Crippen LogP contribution in [0.25, 0.3) is 0 Å². The summed E-state index contributed by atoms with van der Waals surface area (Å²) in [5.41, 5.74) is 11.7. The molecule has 108 valence electrons. The van der Waals surface area contributed by atoms with Gasteiger partial charge in [0.1, 0.15) is 0 Å². The fourth-order valence-corrected chi connectivity index (χ4v) is 4.07. The Morgan fingerprint density at radius 2 is 1.90 bits per heavy atom. The minimum atomic E-state index is -0.817. The van der Waals surface area contributed by atoms with Crippen LogP contribution in [0.3, 0.4) is 0 Å². The zero-order valence-corrected chi connectivity index (χ0v) is 12.2. The molecule has 2 aliphatic rings. The average Bonchev–Trinajstić information content (AvgIpc) is 3.03. The van der Waals surface area contributed by atoms with Gasteiger partial charge in [-0.15, -0.1) is 0 Å². The minimum Gasteiger partial charge on any atom is -0.385 e. The van der Waals surface area contributed by atoms with Crippen LogP contribution in [0.4, 0.5) is 0 Å². The van der Waals surface area contributed by atoms with Crippen molar-refractivity contribution in [3.05, 3.63) is 70.3 Å². The van der Waals surface area contributed by atoms with E-state index < -0.39 is 5.60 Å². The SMILES string of the molecule is NC1CC(O)(Cc2ccc3c(c2)CCC3)c2ccccc21. The minimum absolute atomic E-state index is 0.0550. The molecule has 3 N–H and O–H groups in total. The number of aryl methyl sites for hydroxylation is 2. The van der Waals surface area contributed by atoms with Crippen LogP contribution in [-0.4, -0.2) is 5.11 Å². The number of fused-ring (bicyclic) bond motifs is 2. The summed E-state index contributed by atoms with van der Waals surface area (Å²) < 4.78 is 0. The molecule has 0 amide bonds. The summed E-state index contributed by atoms with van der Waals surface area (Å²) in [6.45, 7) is 0. The second-order valence-corrected chi connectivity index (χ2v) is 6.56. The van der Waals surface area contributed by atoms with Crippen LogP contribution in [0.5, 0.6) is 0 Å². The summed E-state index contributed by atoms with van der Waals surface area (Å²) in [6.07, 6.45) is 4.91. The number of hydrogen-bond donors (Lipinski definition) is 2. The van der Waals surface area contributed by atoms with Gasteiger partial charge < -0.3 is 10.8 Å². The third kappa shape index (κ3) is 2.10. The van der Waals surface area contributed by atoms with Gasteiger partial charge in [-0.05, 0) is 53.5 Å². The fourth-order valence-electron chi connectivity index (χ4n) is 4.07. The molecular formula is C19H21NO. The predicted octanol–water partition coefficient (Wildman–Crippen LogP) is 3.01. The van der Waals surface area contributed by atoms with Crippen molar-refractivity contribution >= 4 is 0 Å². The highest BCUT2D eigenvalue weighted by molar-refractivity contribution is 5.42. The lowest BCUT2D eigenvalue weighted by molar-refractivity contribution is 0.0342. The van der Waals surface area contributed by atoms with Gasteiger partial charge in [0.15, 0.2) is 0 Å². The number of hydrogen-bond acceptors (Lipinski definition) is 2. The summed E-state index contributed by atoms with van der Waals surface area (Å²) in [6, 6.07) is 14.7. The molecule has 0 saturated carbocycles. The maximum Gasteiger partial charge on any atom is 0.0958 e. The highest BCUT2D eigenvalue weighted by atomic mass is 16.3. The summed E-state index contributed by atoms with van der Waals surface area (Å²) in [5, 5.41) is 11.1. The van der Waals surface area contributed by atoms with Gasteiger partial charge in [0, 0.05) is 12.5 Å². The van der Waals surface area contributed by atoms with Crippen molar-refractivity contribution in [2.45, 2.75) is 43.7 Å². The Morgan fingerprint density at radius 1 is 1.10 bits per heavy atom. The van der Waals surface area contributed by atoms with Gasteiger partial charge >= 0.3 is 0 Å². The quantitative estimate of drug-likeness (QED) is 0.887. The summed E-state index contributed by atoms with van der Waals surface area (Å²) in [7, 11) is 0. The highest BCUT2D eigenvalue weighted by Gasteiger charge is 2.40. The Balaban J connectivity index is 1.68. The monoisotopic (exact) mass is 279 g/mol. The van der Waals surface area contributed by atoms with Crippen LogP contribution >= 0.6 is 0 Å². The van der Waals surface area contributed by atoms with Crippen molar-refractivity contribution in [2.24, 2.45) is 5.73 Å². The van der Waals surface area contributed by atoms with Gasteiger partial charge in [0.05, 0.1) is 5.60 Å². The summed E-state index contributed by atoms with van der Waals surface area (Å²) >= 11 is 0. The highest BCUT2D eigenvalue weighted by Crippen LogP contribution is 2.44. The molecule has 0 spiro atoms. The molecule has 0 heterocycles. The molecule has 2 unspecified atom stereocenters. The Bertz CT molecular complexity index is 694. The van der Waals surface area contributed by atoms with E-state index in [9.17, 15) is 5.11 Å². The molecule has 0 saturated heterocycles. The van der Waals surface area contributed by atoms with Crippen LogP contribution in [-0.2, 0) is 24.9 Å². The lowest BCUT2D eigenvalue weighted by atomic mass is 9.88. The van der Waals surface area contributed by atoms with Crippen molar-refractivity contribution in [3.8, 4) is 0 Å². The molecule has 0 aromatic heterocycles. The van der Waals surface area contributed by atoms with E-state index in [1.807, 2.05) is 24.3 Å². The van der Waals surface area contributed by atoms with E-state index in [0.717, 1.165) is 11.1 Å². The van der Waals surface area contributed by atoms with Crippen LogP contribution in [0.2, 0.25) is 0 Å². The molecule has 21 heavy (non-hydrogen) atoms. The standard InChI is InChI=1S/C19H21NO/c20-18-12-19(21,17-7-2-1-6-16(17)18)11-13-8-9-14-4-3-5-15(14)10-13/h1-2,6-10,18,21H,3-5,11-12,20H2. The first-order valence-corrected chi connectivity index (χ1v) is 7.84. The molecule has 0 aliphatic heterocycles. The van der Waals surface area contributed by atoms with E-state index in [0.29, 0.717) is 12.8 Å². The van der Waals surface area contributed by atoms with E-state index >= 15 is 0 Å². The molecular weight excluding hydrogens is 258 g/mol. The van der Waals surface area contributed by atoms with Crippen LogP contribution in [0, 0.1) is 0 Å². The van der Waals surface area contributed by atoms with Crippen molar-refractivity contribution in [2.75, 3.05) is 0 Å².